The van der Waals surface area contributed by atoms with Crippen LogP contribution in [0.15, 0.2) is 53.5 Å². The Morgan fingerprint density at radius 1 is 1.00 bits per heavy atom. The highest BCUT2D eigenvalue weighted by atomic mass is 16.5. The Labute approximate surface area is 161 Å². The summed E-state index contributed by atoms with van der Waals surface area (Å²) in [5, 5.41) is 0.748. The third-order valence-corrected chi connectivity index (χ3v) is 4.54. The van der Waals surface area contributed by atoms with Gasteiger partial charge in [0.2, 0.25) is 0 Å². The zero-order valence-electron chi connectivity index (χ0n) is 15.9. The van der Waals surface area contributed by atoms with Crippen molar-refractivity contribution >= 4 is 22.5 Å². The molecule has 0 atom stereocenters. The third-order valence-electron chi connectivity index (χ3n) is 4.54. The first-order chi connectivity index (χ1) is 13.4. The lowest BCUT2D eigenvalue weighted by Crippen LogP contribution is -2.16. The van der Waals surface area contributed by atoms with E-state index in [1.807, 2.05) is 51.1 Å². The van der Waals surface area contributed by atoms with Crippen molar-refractivity contribution in [3.8, 4) is 0 Å². The summed E-state index contributed by atoms with van der Waals surface area (Å²) >= 11 is 0. The molecule has 28 heavy (non-hydrogen) atoms. The Kier molecular flexibility index (Phi) is 4.39. The Morgan fingerprint density at radius 3 is 2.61 bits per heavy atom. The van der Waals surface area contributed by atoms with Crippen molar-refractivity contribution in [2.45, 2.75) is 27.4 Å². The summed E-state index contributed by atoms with van der Waals surface area (Å²) in [6.07, 6.45) is 1.68. The van der Waals surface area contributed by atoms with E-state index >= 15 is 0 Å². The van der Waals surface area contributed by atoms with Gasteiger partial charge < -0.3 is 4.74 Å². The van der Waals surface area contributed by atoms with Crippen molar-refractivity contribution in [1.82, 2.24) is 14.4 Å². The normalized spacial score (nSPS) is 11.1. The lowest BCUT2D eigenvalue weighted by molar-refractivity contribution is 0.0470. The van der Waals surface area contributed by atoms with Crippen LogP contribution in [0.5, 0.6) is 0 Å². The van der Waals surface area contributed by atoms with E-state index in [0.29, 0.717) is 16.9 Å². The maximum atomic E-state index is 12.7. The second-order valence-electron chi connectivity index (χ2n) is 6.93. The van der Waals surface area contributed by atoms with Crippen molar-refractivity contribution in [2.24, 2.45) is 0 Å². The van der Waals surface area contributed by atoms with Gasteiger partial charge in [-0.05, 0) is 56.7 Å². The number of nitrogens with zero attached hydrogens (tertiary/aromatic N) is 3. The molecule has 0 spiro atoms. The SMILES string of the molecule is Cc1ccc2nc(C)cc(C(=O)OCc3cc(=O)n4ccc(C)cc4n3)c2c1. The van der Waals surface area contributed by atoms with Crippen LogP contribution >= 0.6 is 0 Å². The summed E-state index contributed by atoms with van der Waals surface area (Å²) < 4.78 is 6.93. The standard InChI is InChI=1S/C22H19N3O3/c1-13-4-5-19-17(8-13)18(10-15(3)23-19)22(27)28-12-16-11-21(26)25-7-6-14(2)9-20(25)24-16/h4-11H,12H2,1-3H3. The number of carbonyl (C=O) groups is 1. The predicted octanol–water partition coefficient (Wildman–Crippen LogP) is 3.52. The first-order valence-corrected chi connectivity index (χ1v) is 8.95. The van der Waals surface area contributed by atoms with Crippen LogP contribution in [-0.2, 0) is 11.3 Å². The molecular weight excluding hydrogens is 354 g/mol. The molecule has 0 bridgehead atoms. The number of fused-ring (bicyclic) bond motifs is 2. The van der Waals surface area contributed by atoms with Crippen molar-refractivity contribution in [3.63, 3.8) is 0 Å². The minimum Gasteiger partial charge on any atom is -0.456 e. The monoisotopic (exact) mass is 373 g/mol. The Balaban J connectivity index is 1.65. The van der Waals surface area contributed by atoms with Crippen LogP contribution in [0.25, 0.3) is 16.6 Å². The molecular formula is C22H19N3O3. The fourth-order valence-electron chi connectivity index (χ4n) is 3.19. The zero-order valence-corrected chi connectivity index (χ0v) is 15.9. The summed E-state index contributed by atoms with van der Waals surface area (Å²) in [5.41, 5.74) is 4.70. The minimum absolute atomic E-state index is 0.0762. The van der Waals surface area contributed by atoms with E-state index in [4.69, 9.17) is 4.74 Å². The molecule has 0 amide bonds. The van der Waals surface area contributed by atoms with Gasteiger partial charge in [0.1, 0.15) is 12.3 Å². The van der Waals surface area contributed by atoms with E-state index in [-0.39, 0.29) is 12.2 Å². The molecule has 0 N–H and O–H groups in total. The van der Waals surface area contributed by atoms with E-state index in [1.165, 1.54) is 10.5 Å². The molecule has 4 rings (SSSR count). The van der Waals surface area contributed by atoms with Gasteiger partial charge in [-0.2, -0.15) is 0 Å². The van der Waals surface area contributed by atoms with Crippen molar-refractivity contribution in [2.75, 3.05) is 0 Å². The molecule has 1 aromatic carbocycles. The van der Waals surface area contributed by atoms with Gasteiger partial charge in [0.15, 0.2) is 0 Å². The number of aromatic nitrogens is 3. The molecule has 0 saturated carbocycles. The zero-order chi connectivity index (χ0) is 19.8. The molecule has 0 radical (unpaired) electrons. The van der Waals surface area contributed by atoms with E-state index in [2.05, 4.69) is 9.97 Å². The Hall–Kier alpha value is -3.54. The molecule has 0 saturated heterocycles. The number of hydrogen-bond donors (Lipinski definition) is 0. The lowest BCUT2D eigenvalue weighted by atomic mass is 10.1. The molecule has 0 aliphatic rings. The van der Waals surface area contributed by atoms with Crippen LogP contribution in [-0.4, -0.2) is 20.3 Å². The Bertz CT molecular complexity index is 1290. The van der Waals surface area contributed by atoms with Gasteiger partial charge in [-0.1, -0.05) is 11.6 Å². The molecule has 0 aliphatic heterocycles. The molecule has 140 valence electrons. The number of aryl methyl sites for hydroxylation is 3. The molecule has 0 aliphatic carbocycles. The fourth-order valence-corrected chi connectivity index (χ4v) is 3.19. The summed E-state index contributed by atoms with van der Waals surface area (Å²) in [7, 11) is 0. The summed E-state index contributed by atoms with van der Waals surface area (Å²) in [5.74, 6) is -0.465. The van der Waals surface area contributed by atoms with E-state index in [0.717, 1.165) is 27.7 Å². The molecule has 0 fully saturated rings. The van der Waals surface area contributed by atoms with Gasteiger partial charge in [0.25, 0.3) is 5.56 Å². The maximum Gasteiger partial charge on any atom is 0.339 e. The number of carbonyl (C=O) groups excluding carboxylic acids is 1. The summed E-state index contributed by atoms with van der Waals surface area (Å²) in [6, 6.07) is 12.5. The highest BCUT2D eigenvalue weighted by molar-refractivity contribution is 6.03. The molecule has 6 heteroatoms. The van der Waals surface area contributed by atoms with E-state index in [9.17, 15) is 9.59 Å². The van der Waals surface area contributed by atoms with Crippen LogP contribution in [0.2, 0.25) is 0 Å². The third kappa shape index (κ3) is 3.36. The number of benzene rings is 1. The number of hydrogen-bond acceptors (Lipinski definition) is 5. The van der Waals surface area contributed by atoms with Gasteiger partial charge in [-0.15, -0.1) is 0 Å². The number of esters is 1. The van der Waals surface area contributed by atoms with Gasteiger partial charge in [-0.25, -0.2) is 9.78 Å². The number of ether oxygens (including phenoxy) is 1. The fraction of sp³-hybridized carbons (Fsp3) is 0.182. The smallest absolute Gasteiger partial charge is 0.339 e. The van der Waals surface area contributed by atoms with Crippen molar-refractivity contribution < 1.29 is 9.53 Å². The van der Waals surface area contributed by atoms with Crippen LogP contribution in [0.1, 0.15) is 32.9 Å². The second kappa shape index (κ2) is 6.88. The van der Waals surface area contributed by atoms with Crippen LogP contribution in [0.4, 0.5) is 0 Å². The predicted molar refractivity (Wildman–Crippen MR) is 107 cm³/mol. The number of pyridine rings is 2. The van der Waals surface area contributed by atoms with Crippen molar-refractivity contribution in [1.29, 1.82) is 0 Å². The first kappa shape index (κ1) is 17.9. The van der Waals surface area contributed by atoms with Crippen LogP contribution in [0.3, 0.4) is 0 Å². The quantitative estimate of drug-likeness (QED) is 0.514. The Morgan fingerprint density at radius 2 is 1.79 bits per heavy atom. The summed E-state index contributed by atoms with van der Waals surface area (Å²) in [4.78, 5) is 33.9. The molecule has 4 aromatic rings. The average molecular weight is 373 g/mol. The van der Waals surface area contributed by atoms with Crippen LogP contribution in [0, 0.1) is 20.8 Å². The highest BCUT2D eigenvalue weighted by Crippen LogP contribution is 2.21. The highest BCUT2D eigenvalue weighted by Gasteiger charge is 2.15. The molecule has 0 unspecified atom stereocenters. The largest absolute Gasteiger partial charge is 0.456 e. The van der Waals surface area contributed by atoms with Gasteiger partial charge in [-0.3, -0.25) is 14.2 Å². The van der Waals surface area contributed by atoms with Crippen molar-refractivity contribution in [3.05, 3.63) is 87.1 Å². The van der Waals surface area contributed by atoms with Gasteiger partial charge in [0, 0.05) is 23.3 Å². The maximum absolute atomic E-state index is 12.7. The van der Waals surface area contributed by atoms with Gasteiger partial charge >= 0.3 is 5.97 Å². The topological polar surface area (TPSA) is 73.6 Å². The number of rotatable bonds is 3. The minimum atomic E-state index is -0.465. The molecule has 3 aromatic heterocycles. The second-order valence-corrected chi connectivity index (χ2v) is 6.93. The molecule has 3 heterocycles. The lowest BCUT2D eigenvalue weighted by Gasteiger charge is -2.10. The first-order valence-electron chi connectivity index (χ1n) is 8.95. The van der Waals surface area contributed by atoms with E-state index in [1.54, 1.807) is 12.3 Å². The molecule has 6 nitrogen and oxygen atoms in total. The van der Waals surface area contributed by atoms with Gasteiger partial charge in [0.05, 0.1) is 16.8 Å². The van der Waals surface area contributed by atoms with E-state index < -0.39 is 5.97 Å². The average Bonchev–Trinajstić information content (AvgIpc) is 2.65. The van der Waals surface area contributed by atoms with Crippen LogP contribution < -0.4 is 5.56 Å². The summed E-state index contributed by atoms with van der Waals surface area (Å²) in [6.45, 7) is 5.65.